The predicted molar refractivity (Wildman–Crippen MR) is 278 cm³/mol. The van der Waals surface area contributed by atoms with E-state index in [9.17, 15) is 19.8 Å². The molecule has 1 amide bonds. The Labute approximate surface area is 399 Å². The van der Waals surface area contributed by atoms with Crippen LogP contribution in [0.1, 0.15) is 309 Å². The zero-order valence-corrected chi connectivity index (χ0v) is 43.0. The summed E-state index contributed by atoms with van der Waals surface area (Å²) in [5, 5.41) is 23.1. The van der Waals surface area contributed by atoms with Gasteiger partial charge in [-0.05, 0) is 57.8 Å². The van der Waals surface area contributed by atoms with Gasteiger partial charge in [0.2, 0.25) is 5.91 Å². The second kappa shape index (κ2) is 54.0. The molecule has 64 heavy (non-hydrogen) atoms. The van der Waals surface area contributed by atoms with Gasteiger partial charge in [-0.15, -0.1) is 0 Å². The molecule has 0 saturated carbocycles. The molecule has 0 aromatic carbocycles. The zero-order chi connectivity index (χ0) is 46.5. The van der Waals surface area contributed by atoms with Crippen molar-refractivity contribution >= 4 is 11.9 Å². The smallest absolute Gasteiger partial charge is 0.305 e. The minimum atomic E-state index is -0.853. The van der Waals surface area contributed by atoms with Gasteiger partial charge >= 0.3 is 5.97 Å². The van der Waals surface area contributed by atoms with Gasteiger partial charge in [-0.3, -0.25) is 9.59 Å². The lowest BCUT2D eigenvalue weighted by molar-refractivity contribution is -0.143. The molecule has 0 aliphatic heterocycles. The number of amides is 1. The summed E-state index contributed by atoms with van der Waals surface area (Å²) in [6.45, 7) is 4.88. The van der Waals surface area contributed by atoms with E-state index in [0.29, 0.717) is 19.4 Å². The van der Waals surface area contributed by atoms with E-state index in [1.54, 1.807) is 6.08 Å². The normalized spacial score (nSPS) is 12.8. The van der Waals surface area contributed by atoms with Gasteiger partial charge in [0.05, 0.1) is 25.4 Å². The number of nitrogens with one attached hydrogen (secondary N) is 1. The Hall–Kier alpha value is -1.66. The van der Waals surface area contributed by atoms with Crippen LogP contribution in [0, 0.1) is 0 Å². The number of hydrogen-bond donors (Lipinski definition) is 3. The summed E-state index contributed by atoms with van der Waals surface area (Å²) in [4.78, 5) is 24.5. The summed E-state index contributed by atoms with van der Waals surface area (Å²) in [6, 6.07) is -0.638. The van der Waals surface area contributed by atoms with Crippen LogP contribution in [0.2, 0.25) is 0 Å². The molecule has 0 bridgehead atoms. The molecule has 0 fully saturated rings. The van der Waals surface area contributed by atoms with E-state index in [2.05, 4.69) is 31.3 Å². The highest BCUT2D eigenvalue weighted by Crippen LogP contribution is 2.17. The SMILES string of the molecule is CCCCCCCCC/C=C\CCCCCCCC(=O)OCCCCCCCCCCCCCCCC(=O)NC(CO)C(O)/C=C/CCCCCCCCCCCCCCCCCC. The van der Waals surface area contributed by atoms with E-state index in [1.807, 2.05) is 6.08 Å². The quantitative estimate of drug-likeness (QED) is 0.0321. The minimum Gasteiger partial charge on any atom is -0.466 e. The molecule has 0 aromatic heterocycles. The summed E-state index contributed by atoms with van der Waals surface area (Å²) in [5.41, 5.74) is 0. The molecule has 6 nitrogen and oxygen atoms in total. The predicted octanol–water partition coefficient (Wildman–Crippen LogP) is 17.5. The summed E-state index contributed by atoms with van der Waals surface area (Å²) in [5.74, 6) is -0.0930. The third-order valence-electron chi connectivity index (χ3n) is 13.2. The lowest BCUT2D eigenvalue weighted by Gasteiger charge is -2.20. The first-order chi connectivity index (χ1) is 31.5. The van der Waals surface area contributed by atoms with Gasteiger partial charge in [-0.25, -0.2) is 0 Å². The summed E-state index contributed by atoms with van der Waals surface area (Å²) in [6.07, 6.45) is 64.7. The van der Waals surface area contributed by atoms with Gasteiger partial charge in [0, 0.05) is 12.8 Å². The molecule has 0 rings (SSSR count). The van der Waals surface area contributed by atoms with Crippen molar-refractivity contribution < 1.29 is 24.5 Å². The average molecular weight is 903 g/mol. The van der Waals surface area contributed by atoms with E-state index in [-0.39, 0.29) is 18.5 Å². The number of carbonyl (C=O) groups excluding carboxylic acids is 2. The van der Waals surface area contributed by atoms with Gasteiger partial charge in [0.1, 0.15) is 0 Å². The maximum absolute atomic E-state index is 12.5. The van der Waals surface area contributed by atoms with Crippen molar-refractivity contribution in [1.82, 2.24) is 5.32 Å². The lowest BCUT2D eigenvalue weighted by Crippen LogP contribution is -2.45. The fourth-order valence-electron chi connectivity index (χ4n) is 8.81. The maximum Gasteiger partial charge on any atom is 0.305 e. The highest BCUT2D eigenvalue weighted by Gasteiger charge is 2.18. The van der Waals surface area contributed by atoms with E-state index in [1.165, 1.54) is 225 Å². The first kappa shape index (κ1) is 62.3. The number of ether oxygens (including phenoxy) is 1. The first-order valence-corrected chi connectivity index (χ1v) is 28.6. The molecular weight excluding hydrogens is 791 g/mol. The number of carbonyl (C=O) groups is 2. The molecule has 3 N–H and O–H groups in total. The molecule has 0 radical (unpaired) electrons. The van der Waals surface area contributed by atoms with Crippen molar-refractivity contribution in [3.63, 3.8) is 0 Å². The molecule has 0 saturated heterocycles. The van der Waals surface area contributed by atoms with Crippen LogP contribution < -0.4 is 5.32 Å². The van der Waals surface area contributed by atoms with Crippen molar-refractivity contribution in [2.24, 2.45) is 0 Å². The molecule has 0 heterocycles. The van der Waals surface area contributed by atoms with Crippen LogP contribution >= 0.6 is 0 Å². The zero-order valence-electron chi connectivity index (χ0n) is 43.0. The Bertz CT molecular complexity index is 997. The number of aliphatic hydroxyl groups excluding tert-OH is 2. The summed E-state index contributed by atoms with van der Waals surface area (Å²) >= 11 is 0. The van der Waals surface area contributed by atoms with Crippen LogP contribution in [0.5, 0.6) is 0 Å². The Balaban J connectivity index is 3.48. The van der Waals surface area contributed by atoms with Crippen molar-refractivity contribution in [2.75, 3.05) is 13.2 Å². The highest BCUT2D eigenvalue weighted by atomic mass is 16.5. The largest absolute Gasteiger partial charge is 0.466 e. The van der Waals surface area contributed by atoms with Crippen molar-refractivity contribution in [3.8, 4) is 0 Å². The molecule has 0 spiro atoms. The number of rotatable bonds is 53. The molecule has 6 heteroatoms. The Kier molecular flexibility index (Phi) is 52.6. The van der Waals surface area contributed by atoms with Crippen LogP contribution in [0.25, 0.3) is 0 Å². The number of hydrogen-bond acceptors (Lipinski definition) is 5. The van der Waals surface area contributed by atoms with Gasteiger partial charge in [-0.1, -0.05) is 263 Å². The third kappa shape index (κ3) is 49.8. The molecule has 378 valence electrons. The Morgan fingerprint density at radius 2 is 0.734 bits per heavy atom. The topological polar surface area (TPSA) is 95.9 Å². The highest BCUT2D eigenvalue weighted by molar-refractivity contribution is 5.76. The van der Waals surface area contributed by atoms with Crippen LogP contribution in [0.4, 0.5) is 0 Å². The standard InChI is InChI=1S/C58H111NO5/c1-3-5-7-9-11-13-15-17-19-21-22-23-26-30-34-38-42-46-50-56(61)55(54-60)59-57(62)51-47-43-39-35-31-27-25-29-33-37-41-45-49-53-64-58(63)52-48-44-40-36-32-28-24-20-18-16-14-12-10-8-6-4-2/h20,24,46,50,55-56,60-61H,3-19,21-23,25-45,47-49,51-54H2,1-2H3,(H,59,62)/b24-20-,50-46+. The number of aliphatic hydroxyl groups is 2. The molecular formula is C58H111NO5. The van der Waals surface area contributed by atoms with Crippen molar-refractivity contribution in [2.45, 2.75) is 321 Å². The van der Waals surface area contributed by atoms with Crippen molar-refractivity contribution in [3.05, 3.63) is 24.3 Å². The van der Waals surface area contributed by atoms with E-state index in [4.69, 9.17) is 4.74 Å². The van der Waals surface area contributed by atoms with Gasteiger partial charge < -0.3 is 20.3 Å². The number of allylic oxidation sites excluding steroid dienone is 3. The van der Waals surface area contributed by atoms with Crippen LogP contribution in [0.15, 0.2) is 24.3 Å². The van der Waals surface area contributed by atoms with Crippen LogP contribution in [-0.4, -0.2) is 47.4 Å². The average Bonchev–Trinajstić information content (AvgIpc) is 3.29. The monoisotopic (exact) mass is 902 g/mol. The van der Waals surface area contributed by atoms with E-state index < -0.39 is 12.1 Å². The van der Waals surface area contributed by atoms with Crippen molar-refractivity contribution in [1.29, 1.82) is 0 Å². The second-order valence-corrected chi connectivity index (χ2v) is 19.6. The lowest BCUT2D eigenvalue weighted by atomic mass is 10.0. The molecule has 0 aliphatic rings. The van der Waals surface area contributed by atoms with E-state index in [0.717, 1.165) is 57.8 Å². The minimum absolute atomic E-state index is 0.0139. The van der Waals surface area contributed by atoms with Gasteiger partial charge in [-0.2, -0.15) is 0 Å². The second-order valence-electron chi connectivity index (χ2n) is 19.6. The van der Waals surface area contributed by atoms with Crippen LogP contribution in [0.3, 0.4) is 0 Å². The van der Waals surface area contributed by atoms with Crippen LogP contribution in [-0.2, 0) is 14.3 Å². The molecule has 2 unspecified atom stereocenters. The molecule has 0 aromatic rings. The van der Waals surface area contributed by atoms with Gasteiger partial charge in [0.25, 0.3) is 0 Å². The van der Waals surface area contributed by atoms with Gasteiger partial charge in [0.15, 0.2) is 0 Å². The molecule has 0 aliphatic carbocycles. The Morgan fingerprint density at radius 1 is 0.422 bits per heavy atom. The fourth-order valence-corrected chi connectivity index (χ4v) is 8.81. The number of unbranched alkanes of at least 4 members (excludes halogenated alkanes) is 40. The first-order valence-electron chi connectivity index (χ1n) is 28.6. The fraction of sp³-hybridized carbons (Fsp3) is 0.897. The summed E-state index contributed by atoms with van der Waals surface area (Å²) < 4.78 is 5.47. The molecule has 2 atom stereocenters. The Morgan fingerprint density at radius 3 is 1.11 bits per heavy atom. The third-order valence-corrected chi connectivity index (χ3v) is 13.2. The summed E-state index contributed by atoms with van der Waals surface area (Å²) in [7, 11) is 0. The van der Waals surface area contributed by atoms with E-state index >= 15 is 0 Å². The number of esters is 1. The maximum atomic E-state index is 12.5.